The highest BCUT2D eigenvalue weighted by Gasteiger charge is 2.19. The predicted molar refractivity (Wildman–Crippen MR) is 84.9 cm³/mol. The molecule has 0 fully saturated rings. The van der Waals surface area contributed by atoms with Crippen LogP contribution in [0.5, 0.6) is 0 Å². The average Bonchev–Trinajstić information content (AvgIpc) is 2.95. The highest BCUT2D eigenvalue weighted by atomic mass is 15.3. The quantitative estimate of drug-likeness (QED) is 0.770. The molecule has 1 atom stereocenters. The molecular formula is C16H18N6. The summed E-state index contributed by atoms with van der Waals surface area (Å²) in [6.07, 6.45) is 4.74. The SMILES string of the molecule is Cc1nnc2c(NCC3NCCc4ccccc43)nccn12. The highest BCUT2D eigenvalue weighted by molar-refractivity contribution is 5.62. The number of nitrogens with zero attached hydrogens (tertiary/aromatic N) is 4. The molecule has 1 aliphatic heterocycles. The van der Waals surface area contributed by atoms with Crippen molar-refractivity contribution in [1.29, 1.82) is 0 Å². The molecule has 112 valence electrons. The van der Waals surface area contributed by atoms with E-state index in [-0.39, 0.29) is 6.04 Å². The second-order valence-corrected chi connectivity index (χ2v) is 5.55. The number of nitrogens with one attached hydrogen (secondary N) is 2. The summed E-state index contributed by atoms with van der Waals surface area (Å²) in [4.78, 5) is 4.40. The van der Waals surface area contributed by atoms with Gasteiger partial charge in [-0.25, -0.2) is 4.98 Å². The normalized spacial score (nSPS) is 17.4. The predicted octanol–water partition coefficient (Wildman–Crippen LogP) is 1.73. The fourth-order valence-corrected chi connectivity index (χ4v) is 3.04. The summed E-state index contributed by atoms with van der Waals surface area (Å²) in [5, 5.41) is 15.3. The van der Waals surface area contributed by atoms with Gasteiger partial charge in [0.15, 0.2) is 5.82 Å². The van der Waals surface area contributed by atoms with Gasteiger partial charge in [-0.05, 0) is 31.0 Å². The van der Waals surface area contributed by atoms with Gasteiger partial charge in [-0.15, -0.1) is 10.2 Å². The Bertz CT molecular complexity index is 809. The van der Waals surface area contributed by atoms with Gasteiger partial charge in [0.2, 0.25) is 5.65 Å². The van der Waals surface area contributed by atoms with Crippen molar-refractivity contribution in [3.05, 3.63) is 53.6 Å². The van der Waals surface area contributed by atoms with Gasteiger partial charge in [-0.3, -0.25) is 4.40 Å². The van der Waals surface area contributed by atoms with E-state index in [4.69, 9.17) is 0 Å². The molecule has 3 aromatic rings. The standard InChI is InChI=1S/C16H18N6/c1-11-20-21-16-15(18-8-9-22(11)16)19-10-14-13-5-3-2-4-12(13)6-7-17-14/h2-5,8-9,14,17H,6-7,10H2,1H3,(H,18,19). The van der Waals surface area contributed by atoms with E-state index in [1.54, 1.807) is 6.20 Å². The van der Waals surface area contributed by atoms with E-state index < -0.39 is 0 Å². The summed E-state index contributed by atoms with van der Waals surface area (Å²) in [6, 6.07) is 8.90. The van der Waals surface area contributed by atoms with Crippen molar-refractivity contribution in [2.75, 3.05) is 18.4 Å². The first-order chi connectivity index (χ1) is 10.8. The lowest BCUT2D eigenvalue weighted by atomic mass is 9.94. The summed E-state index contributed by atoms with van der Waals surface area (Å²) in [5.74, 6) is 1.63. The molecule has 1 aliphatic rings. The molecule has 1 unspecified atom stereocenters. The van der Waals surface area contributed by atoms with Crippen molar-refractivity contribution in [1.82, 2.24) is 24.9 Å². The Morgan fingerprint density at radius 1 is 1.32 bits per heavy atom. The summed E-state index contributed by atoms with van der Waals surface area (Å²) in [7, 11) is 0. The second-order valence-electron chi connectivity index (χ2n) is 5.55. The van der Waals surface area contributed by atoms with E-state index in [9.17, 15) is 0 Å². The van der Waals surface area contributed by atoms with Crippen LogP contribution in [0.4, 0.5) is 5.82 Å². The first kappa shape index (κ1) is 13.2. The molecule has 0 aliphatic carbocycles. The minimum Gasteiger partial charge on any atom is -0.365 e. The van der Waals surface area contributed by atoms with E-state index >= 15 is 0 Å². The van der Waals surface area contributed by atoms with Crippen LogP contribution in [0.2, 0.25) is 0 Å². The van der Waals surface area contributed by atoms with Gasteiger partial charge in [0, 0.05) is 25.0 Å². The third kappa shape index (κ3) is 2.21. The third-order valence-corrected chi connectivity index (χ3v) is 4.19. The molecule has 0 radical (unpaired) electrons. The van der Waals surface area contributed by atoms with Crippen LogP contribution in [0.25, 0.3) is 5.65 Å². The van der Waals surface area contributed by atoms with Gasteiger partial charge in [0.05, 0.1) is 0 Å². The Morgan fingerprint density at radius 3 is 3.18 bits per heavy atom. The Kier molecular flexibility index (Phi) is 3.23. The zero-order chi connectivity index (χ0) is 14.9. The third-order valence-electron chi connectivity index (χ3n) is 4.19. The number of rotatable bonds is 3. The van der Waals surface area contributed by atoms with Crippen molar-refractivity contribution in [2.24, 2.45) is 0 Å². The van der Waals surface area contributed by atoms with Gasteiger partial charge in [-0.1, -0.05) is 24.3 Å². The van der Waals surface area contributed by atoms with Crippen LogP contribution in [0.3, 0.4) is 0 Å². The largest absolute Gasteiger partial charge is 0.365 e. The number of anilines is 1. The van der Waals surface area contributed by atoms with E-state index in [1.165, 1.54) is 11.1 Å². The minimum absolute atomic E-state index is 0.288. The summed E-state index contributed by atoms with van der Waals surface area (Å²) in [6.45, 7) is 3.71. The molecule has 6 heteroatoms. The van der Waals surface area contributed by atoms with Crippen LogP contribution in [-0.4, -0.2) is 32.7 Å². The Balaban J connectivity index is 1.58. The number of aromatic nitrogens is 4. The molecule has 0 spiro atoms. The van der Waals surface area contributed by atoms with Crippen molar-refractivity contribution in [2.45, 2.75) is 19.4 Å². The molecule has 2 aromatic heterocycles. The van der Waals surface area contributed by atoms with Crippen LogP contribution in [0, 0.1) is 6.92 Å². The molecule has 3 heterocycles. The van der Waals surface area contributed by atoms with Crippen molar-refractivity contribution in [3.63, 3.8) is 0 Å². The maximum absolute atomic E-state index is 4.40. The molecule has 0 saturated heterocycles. The smallest absolute Gasteiger partial charge is 0.203 e. The molecule has 6 nitrogen and oxygen atoms in total. The summed E-state index contributed by atoms with van der Waals surface area (Å²) >= 11 is 0. The van der Waals surface area contributed by atoms with E-state index in [2.05, 4.69) is 50.1 Å². The molecule has 0 bridgehead atoms. The lowest BCUT2D eigenvalue weighted by Crippen LogP contribution is -2.34. The Morgan fingerprint density at radius 2 is 2.23 bits per heavy atom. The molecule has 22 heavy (non-hydrogen) atoms. The Hall–Kier alpha value is -2.47. The topological polar surface area (TPSA) is 67.1 Å². The Labute approximate surface area is 128 Å². The first-order valence-electron chi connectivity index (χ1n) is 7.54. The maximum atomic E-state index is 4.40. The van der Waals surface area contributed by atoms with Gasteiger partial charge in [-0.2, -0.15) is 0 Å². The number of fused-ring (bicyclic) bond motifs is 2. The first-order valence-corrected chi connectivity index (χ1v) is 7.54. The number of aryl methyl sites for hydroxylation is 1. The zero-order valence-corrected chi connectivity index (χ0v) is 12.5. The van der Waals surface area contributed by atoms with Crippen molar-refractivity contribution in [3.8, 4) is 0 Å². The van der Waals surface area contributed by atoms with Gasteiger partial charge < -0.3 is 10.6 Å². The van der Waals surface area contributed by atoms with Crippen molar-refractivity contribution < 1.29 is 0 Å². The summed E-state index contributed by atoms with van der Waals surface area (Å²) < 4.78 is 1.94. The molecule has 2 N–H and O–H groups in total. The second kappa shape index (κ2) is 5.38. The maximum Gasteiger partial charge on any atom is 0.203 e. The van der Waals surface area contributed by atoms with Crippen LogP contribution in [0.1, 0.15) is 23.0 Å². The monoisotopic (exact) mass is 294 g/mol. The van der Waals surface area contributed by atoms with Crippen LogP contribution in [0.15, 0.2) is 36.7 Å². The number of hydrogen-bond donors (Lipinski definition) is 2. The van der Waals surface area contributed by atoms with Crippen LogP contribution < -0.4 is 10.6 Å². The van der Waals surface area contributed by atoms with Gasteiger partial charge >= 0.3 is 0 Å². The highest BCUT2D eigenvalue weighted by Crippen LogP contribution is 2.23. The van der Waals surface area contributed by atoms with Crippen molar-refractivity contribution >= 4 is 11.5 Å². The summed E-state index contributed by atoms with van der Waals surface area (Å²) in [5.41, 5.74) is 3.56. The fourth-order valence-electron chi connectivity index (χ4n) is 3.04. The van der Waals surface area contributed by atoms with E-state index in [0.717, 1.165) is 36.8 Å². The minimum atomic E-state index is 0.288. The van der Waals surface area contributed by atoms with E-state index in [0.29, 0.717) is 0 Å². The lowest BCUT2D eigenvalue weighted by Gasteiger charge is -2.27. The van der Waals surface area contributed by atoms with Crippen LogP contribution in [-0.2, 0) is 6.42 Å². The molecule has 0 saturated carbocycles. The van der Waals surface area contributed by atoms with Crippen LogP contribution >= 0.6 is 0 Å². The fraction of sp³-hybridized carbons (Fsp3) is 0.312. The molecule has 1 aromatic carbocycles. The number of hydrogen-bond acceptors (Lipinski definition) is 5. The molecular weight excluding hydrogens is 276 g/mol. The zero-order valence-electron chi connectivity index (χ0n) is 12.5. The average molecular weight is 294 g/mol. The lowest BCUT2D eigenvalue weighted by molar-refractivity contribution is 0.523. The number of benzene rings is 1. The van der Waals surface area contributed by atoms with Gasteiger partial charge in [0.1, 0.15) is 5.82 Å². The van der Waals surface area contributed by atoms with Gasteiger partial charge in [0.25, 0.3) is 0 Å². The van der Waals surface area contributed by atoms with E-state index in [1.807, 2.05) is 17.5 Å². The molecule has 0 amide bonds. The molecule has 4 rings (SSSR count).